The molecular weight excluding hydrogens is 286 g/mol. The fraction of sp³-hybridized carbons (Fsp3) is 0. The molecule has 0 amide bonds. The van der Waals surface area contributed by atoms with Gasteiger partial charge in [0.1, 0.15) is 10.8 Å². The molecule has 10 heavy (non-hydrogen) atoms. The van der Waals surface area contributed by atoms with Gasteiger partial charge in [-0.1, -0.05) is 23.2 Å². The van der Waals surface area contributed by atoms with E-state index in [2.05, 4.69) is 0 Å². The summed E-state index contributed by atoms with van der Waals surface area (Å²) in [6.07, 6.45) is 0. The lowest BCUT2D eigenvalue weighted by molar-refractivity contribution is 0.475. The number of phenolic OH excluding ortho intramolecular Hbond substituents is 1. The van der Waals surface area contributed by atoms with Gasteiger partial charge in [-0.25, -0.2) is 0 Å². The average Bonchev–Trinajstić information content (AvgIpc) is 1.82. The first kappa shape index (κ1) is 8.43. The average molecular weight is 289 g/mol. The zero-order valence-electron chi connectivity index (χ0n) is 4.74. The summed E-state index contributed by atoms with van der Waals surface area (Å²) in [6.45, 7) is 0. The van der Waals surface area contributed by atoms with E-state index in [1.54, 1.807) is 12.1 Å². The SMILES string of the molecule is Oc1cc(I)cc(Cl)c1Cl. The maximum atomic E-state index is 9.06. The molecule has 0 saturated carbocycles. The molecule has 4 heteroatoms. The molecule has 0 aliphatic heterocycles. The van der Waals surface area contributed by atoms with Gasteiger partial charge in [0.05, 0.1) is 5.02 Å². The second-order valence-electron chi connectivity index (χ2n) is 1.72. The van der Waals surface area contributed by atoms with Crippen molar-refractivity contribution in [3.63, 3.8) is 0 Å². The zero-order chi connectivity index (χ0) is 7.72. The van der Waals surface area contributed by atoms with Gasteiger partial charge >= 0.3 is 0 Å². The van der Waals surface area contributed by atoms with Crippen molar-refractivity contribution in [2.75, 3.05) is 0 Å². The predicted molar refractivity (Wildman–Crippen MR) is 50.8 cm³/mol. The molecule has 1 nitrogen and oxygen atoms in total. The summed E-state index contributed by atoms with van der Waals surface area (Å²) >= 11 is 13.2. The fourth-order valence-corrected chi connectivity index (χ4v) is 1.66. The Bertz CT molecular complexity index is 239. The maximum absolute atomic E-state index is 9.06. The highest BCUT2D eigenvalue weighted by Crippen LogP contribution is 2.32. The molecule has 0 bridgehead atoms. The lowest BCUT2D eigenvalue weighted by Crippen LogP contribution is -1.74. The highest BCUT2D eigenvalue weighted by Gasteiger charge is 2.03. The van der Waals surface area contributed by atoms with E-state index in [0.717, 1.165) is 3.57 Å². The van der Waals surface area contributed by atoms with Gasteiger partial charge in [-0.3, -0.25) is 0 Å². The van der Waals surface area contributed by atoms with E-state index in [4.69, 9.17) is 28.3 Å². The van der Waals surface area contributed by atoms with Crippen LogP contribution in [0.25, 0.3) is 0 Å². The minimum absolute atomic E-state index is 0.0265. The number of benzene rings is 1. The highest BCUT2D eigenvalue weighted by atomic mass is 127. The van der Waals surface area contributed by atoms with E-state index < -0.39 is 0 Å². The Morgan fingerprint density at radius 2 is 1.90 bits per heavy atom. The summed E-state index contributed by atoms with van der Waals surface area (Å²) in [5, 5.41) is 9.65. The number of hydrogen-bond donors (Lipinski definition) is 1. The second-order valence-corrected chi connectivity index (χ2v) is 3.75. The Labute approximate surface area is 82.1 Å². The molecule has 0 atom stereocenters. The quantitative estimate of drug-likeness (QED) is 0.574. The molecule has 0 aliphatic rings. The Morgan fingerprint density at radius 3 is 2.40 bits per heavy atom. The molecule has 1 aromatic carbocycles. The van der Waals surface area contributed by atoms with Crippen molar-refractivity contribution in [1.29, 1.82) is 0 Å². The van der Waals surface area contributed by atoms with Crippen LogP contribution in [-0.4, -0.2) is 5.11 Å². The second kappa shape index (κ2) is 3.15. The molecule has 0 aromatic heterocycles. The minimum Gasteiger partial charge on any atom is -0.506 e. The Kier molecular flexibility index (Phi) is 2.66. The van der Waals surface area contributed by atoms with Crippen molar-refractivity contribution >= 4 is 45.8 Å². The van der Waals surface area contributed by atoms with Crippen LogP contribution in [0.3, 0.4) is 0 Å². The van der Waals surface area contributed by atoms with Crippen LogP contribution in [0, 0.1) is 3.57 Å². The Hall–Kier alpha value is 0.330. The van der Waals surface area contributed by atoms with Gasteiger partial charge in [0.25, 0.3) is 0 Å². The summed E-state index contributed by atoms with van der Waals surface area (Å²) in [6, 6.07) is 3.24. The largest absolute Gasteiger partial charge is 0.506 e. The Morgan fingerprint density at radius 1 is 1.30 bits per heavy atom. The third kappa shape index (κ3) is 1.68. The fourth-order valence-electron chi connectivity index (χ4n) is 0.542. The van der Waals surface area contributed by atoms with Crippen LogP contribution in [0.2, 0.25) is 10.0 Å². The third-order valence-electron chi connectivity index (χ3n) is 0.974. The lowest BCUT2D eigenvalue weighted by atomic mass is 10.3. The van der Waals surface area contributed by atoms with E-state index in [-0.39, 0.29) is 10.8 Å². The van der Waals surface area contributed by atoms with Crippen molar-refractivity contribution in [1.82, 2.24) is 0 Å². The van der Waals surface area contributed by atoms with Crippen LogP contribution in [0.15, 0.2) is 12.1 Å². The van der Waals surface area contributed by atoms with Crippen LogP contribution < -0.4 is 0 Å². The maximum Gasteiger partial charge on any atom is 0.136 e. The number of aromatic hydroxyl groups is 1. The molecular formula is C6H3Cl2IO. The molecule has 1 N–H and O–H groups in total. The first-order valence-corrected chi connectivity index (χ1v) is 4.28. The number of rotatable bonds is 0. The van der Waals surface area contributed by atoms with Gasteiger partial charge in [0.15, 0.2) is 0 Å². The van der Waals surface area contributed by atoms with Crippen LogP contribution in [0.5, 0.6) is 5.75 Å². The lowest BCUT2D eigenvalue weighted by Gasteiger charge is -1.98. The summed E-state index contributed by atoms with van der Waals surface area (Å²) in [5.41, 5.74) is 0. The minimum atomic E-state index is 0.0265. The van der Waals surface area contributed by atoms with Crippen molar-refractivity contribution in [3.05, 3.63) is 25.7 Å². The summed E-state index contributed by atoms with van der Waals surface area (Å²) in [7, 11) is 0. The van der Waals surface area contributed by atoms with Gasteiger partial charge < -0.3 is 5.11 Å². The summed E-state index contributed by atoms with van der Waals surface area (Å²) in [4.78, 5) is 0. The van der Waals surface area contributed by atoms with Gasteiger partial charge in [0.2, 0.25) is 0 Å². The molecule has 1 aromatic rings. The van der Waals surface area contributed by atoms with Gasteiger partial charge in [0, 0.05) is 3.57 Å². The third-order valence-corrected chi connectivity index (χ3v) is 2.39. The zero-order valence-corrected chi connectivity index (χ0v) is 8.41. The highest BCUT2D eigenvalue weighted by molar-refractivity contribution is 14.1. The van der Waals surface area contributed by atoms with Crippen LogP contribution in [0.1, 0.15) is 0 Å². The van der Waals surface area contributed by atoms with E-state index in [9.17, 15) is 0 Å². The standard InChI is InChI=1S/C6H3Cl2IO/c7-4-1-3(9)2-5(10)6(4)8/h1-2,10H. The van der Waals surface area contributed by atoms with Crippen molar-refractivity contribution < 1.29 is 5.11 Å². The molecule has 0 saturated heterocycles. The summed E-state index contributed by atoms with van der Waals surface area (Å²) < 4.78 is 0.865. The smallest absolute Gasteiger partial charge is 0.136 e. The van der Waals surface area contributed by atoms with Crippen LogP contribution >= 0.6 is 45.8 Å². The van der Waals surface area contributed by atoms with E-state index in [0.29, 0.717) is 5.02 Å². The molecule has 0 fully saturated rings. The molecule has 0 radical (unpaired) electrons. The molecule has 0 aliphatic carbocycles. The number of halogens is 3. The van der Waals surface area contributed by atoms with Crippen molar-refractivity contribution in [2.45, 2.75) is 0 Å². The van der Waals surface area contributed by atoms with Gasteiger partial charge in [-0.2, -0.15) is 0 Å². The normalized spacial score (nSPS) is 9.90. The van der Waals surface area contributed by atoms with Crippen LogP contribution in [0.4, 0.5) is 0 Å². The molecule has 54 valence electrons. The van der Waals surface area contributed by atoms with Crippen molar-refractivity contribution in [3.8, 4) is 5.75 Å². The van der Waals surface area contributed by atoms with Crippen LogP contribution in [-0.2, 0) is 0 Å². The van der Waals surface area contributed by atoms with Gasteiger partial charge in [-0.15, -0.1) is 0 Å². The topological polar surface area (TPSA) is 20.2 Å². The first-order valence-electron chi connectivity index (χ1n) is 2.45. The molecule has 1 rings (SSSR count). The first-order chi connectivity index (χ1) is 4.61. The molecule has 0 unspecified atom stereocenters. The van der Waals surface area contributed by atoms with E-state index in [1.807, 2.05) is 22.6 Å². The van der Waals surface area contributed by atoms with Crippen molar-refractivity contribution in [2.24, 2.45) is 0 Å². The monoisotopic (exact) mass is 288 g/mol. The summed E-state index contributed by atoms with van der Waals surface area (Å²) in [5.74, 6) is 0.0265. The van der Waals surface area contributed by atoms with E-state index in [1.165, 1.54) is 0 Å². The van der Waals surface area contributed by atoms with E-state index >= 15 is 0 Å². The van der Waals surface area contributed by atoms with Gasteiger partial charge in [-0.05, 0) is 34.7 Å². The molecule has 0 spiro atoms. The Balaban J connectivity index is 3.31. The number of hydrogen-bond acceptors (Lipinski definition) is 1. The number of phenols is 1. The predicted octanol–water partition coefficient (Wildman–Crippen LogP) is 3.30. The molecule has 0 heterocycles.